The van der Waals surface area contributed by atoms with Crippen molar-refractivity contribution in [1.82, 2.24) is 0 Å². The van der Waals surface area contributed by atoms with Crippen LogP contribution in [0.25, 0.3) is 0 Å². The van der Waals surface area contributed by atoms with Crippen molar-refractivity contribution in [2.75, 3.05) is 6.61 Å². The molecule has 0 rings (SSSR count). The second kappa shape index (κ2) is 8.70. The van der Waals surface area contributed by atoms with Gasteiger partial charge in [-0.15, -0.1) is 0 Å². The minimum absolute atomic E-state index is 0. The van der Waals surface area contributed by atoms with Gasteiger partial charge in [0.05, 0.1) is 6.61 Å². The maximum atomic E-state index is 10.0. The third-order valence-electron chi connectivity index (χ3n) is 1.25. The van der Waals surface area contributed by atoms with E-state index in [-0.39, 0.29) is 36.2 Å². The average Bonchev–Trinajstić information content (AvgIpc) is 1.85. The van der Waals surface area contributed by atoms with E-state index in [1.54, 1.807) is 0 Å². The zero-order valence-electron chi connectivity index (χ0n) is 7.65. The van der Waals surface area contributed by atoms with Gasteiger partial charge in [-0.25, -0.2) is 0 Å². The first-order valence-electron chi connectivity index (χ1n) is 3.74. The van der Waals surface area contributed by atoms with Crippen molar-refractivity contribution in [1.29, 1.82) is 0 Å². The number of phosphoric acid groups is 1. The maximum absolute atomic E-state index is 10.0. The monoisotopic (exact) mass is 204 g/mol. The molecule has 0 aliphatic heterocycles. The summed E-state index contributed by atoms with van der Waals surface area (Å²) in [4.78, 5) is 18.2. The van der Waals surface area contributed by atoms with Gasteiger partial charge in [-0.1, -0.05) is 26.2 Å². The summed E-state index contributed by atoms with van der Waals surface area (Å²) in [5, 5.41) is 0. The summed E-state index contributed by atoms with van der Waals surface area (Å²) >= 11 is 0. The van der Waals surface area contributed by atoms with Crippen LogP contribution >= 0.6 is 7.82 Å². The molecule has 68 valence electrons. The Labute approximate surface area is 95.2 Å². The number of phosphoric ester groups is 1. The van der Waals surface area contributed by atoms with Crippen LogP contribution in [0, 0.1) is 0 Å². The van der Waals surface area contributed by atoms with Gasteiger partial charge in [-0.05, 0) is 6.42 Å². The first kappa shape index (κ1) is 15.6. The van der Waals surface area contributed by atoms with E-state index in [0.29, 0.717) is 6.42 Å². The fourth-order valence-electron chi connectivity index (χ4n) is 0.709. The number of unbranched alkanes of at least 4 members (excludes halogenated alkanes) is 3. The van der Waals surface area contributed by atoms with Crippen molar-refractivity contribution < 1.29 is 48.4 Å². The van der Waals surface area contributed by atoms with E-state index in [4.69, 9.17) is 4.89 Å². The van der Waals surface area contributed by atoms with Gasteiger partial charge in [-0.3, -0.25) is 4.57 Å². The van der Waals surface area contributed by atoms with Crippen LogP contribution in [0.5, 0.6) is 0 Å². The Hall–Kier alpha value is 1.11. The van der Waals surface area contributed by atoms with E-state index >= 15 is 0 Å². The molecule has 1 unspecified atom stereocenters. The minimum atomic E-state index is -4.46. The van der Waals surface area contributed by atoms with E-state index in [9.17, 15) is 9.46 Å². The maximum Gasteiger partial charge on any atom is 1.00 e. The van der Waals surface area contributed by atoms with Crippen molar-refractivity contribution in [2.45, 2.75) is 32.6 Å². The fourth-order valence-corrected chi connectivity index (χ4v) is 1.07. The molecule has 0 amide bonds. The quantitative estimate of drug-likeness (QED) is 0.310. The van der Waals surface area contributed by atoms with E-state index in [1.165, 1.54) is 0 Å². The predicted molar refractivity (Wildman–Crippen MR) is 39.9 cm³/mol. The molecule has 0 fully saturated rings. The molecule has 0 saturated heterocycles. The molecular weight excluding hydrogens is 190 g/mol. The smallest absolute Gasteiger partial charge is 0.756 e. The Bertz CT molecular complexity index is 136. The normalized spacial score (nSPS) is 14.9. The third-order valence-corrected chi connectivity index (χ3v) is 1.76. The molecule has 0 aliphatic carbocycles. The third kappa shape index (κ3) is 13.7. The van der Waals surface area contributed by atoms with Crippen LogP contribution in [0.3, 0.4) is 0 Å². The van der Waals surface area contributed by atoms with Gasteiger partial charge in [-0.2, -0.15) is 0 Å². The van der Waals surface area contributed by atoms with E-state index in [0.717, 1.165) is 19.3 Å². The summed E-state index contributed by atoms with van der Waals surface area (Å²) < 4.78 is 14.2. The summed E-state index contributed by atoms with van der Waals surface area (Å²) in [7, 11) is -4.46. The molecular formula is C6H14NaO4P. The van der Waals surface area contributed by atoms with E-state index < -0.39 is 7.82 Å². The second-order valence-electron chi connectivity index (χ2n) is 2.36. The Morgan fingerprint density at radius 2 is 2.00 bits per heavy atom. The van der Waals surface area contributed by atoms with Gasteiger partial charge < -0.3 is 14.3 Å². The second-order valence-corrected chi connectivity index (χ2v) is 3.56. The van der Waals surface area contributed by atoms with Gasteiger partial charge in [0.25, 0.3) is 7.82 Å². The van der Waals surface area contributed by atoms with Crippen LogP contribution in [0.15, 0.2) is 0 Å². The molecule has 0 aromatic heterocycles. The molecule has 1 atom stereocenters. The van der Waals surface area contributed by atoms with E-state index in [1.807, 2.05) is 0 Å². The standard InChI is InChI=1S/C6H15O4P.Na/c1-2-3-4-5-6-10-11(7,8)9;/h2-6H2,1H3,(H2,7,8,9);/q;+1/p-1. The number of rotatable bonds is 6. The van der Waals surface area contributed by atoms with Crippen LogP contribution in [0.2, 0.25) is 0 Å². The Morgan fingerprint density at radius 1 is 1.42 bits per heavy atom. The SMILES string of the molecule is CCCCCCOP(=O)([O-])O.[Na+]. The summed E-state index contributed by atoms with van der Waals surface area (Å²) in [5.41, 5.74) is 0. The van der Waals surface area contributed by atoms with Crippen molar-refractivity contribution in [3.8, 4) is 0 Å². The molecule has 0 bridgehead atoms. The predicted octanol–water partition coefficient (Wildman–Crippen LogP) is -1.95. The molecule has 4 nitrogen and oxygen atoms in total. The van der Waals surface area contributed by atoms with Crippen molar-refractivity contribution in [3.63, 3.8) is 0 Å². The number of hydrogen-bond acceptors (Lipinski definition) is 3. The van der Waals surface area contributed by atoms with Gasteiger partial charge in [0, 0.05) is 0 Å². The van der Waals surface area contributed by atoms with Crippen LogP contribution in [0.4, 0.5) is 0 Å². The molecule has 0 aliphatic rings. The first-order valence-corrected chi connectivity index (χ1v) is 5.24. The number of hydrogen-bond donors (Lipinski definition) is 1. The Kier molecular flexibility index (Phi) is 11.3. The molecule has 0 saturated carbocycles. The summed E-state index contributed by atoms with van der Waals surface area (Å²) in [6.45, 7) is 2.16. The Balaban J connectivity index is 0. The molecule has 0 aromatic rings. The minimum Gasteiger partial charge on any atom is -0.756 e. The molecule has 0 spiro atoms. The zero-order valence-corrected chi connectivity index (χ0v) is 10.5. The topological polar surface area (TPSA) is 69.6 Å². The molecule has 0 aromatic carbocycles. The average molecular weight is 204 g/mol. The van der Waals surface area contributed by atoms with Crippen LogP contribution in [0.1, 0.15) is 32.6 Å². The molecule has 6 heteroatoms. The van der Waals surface area contributed by atoms with Crippen LogP contribution in [-0.2, 0) is 9.09 Å². The van der Waals surface area contributed by atoms with Gasteiger partial charge in [0.1, 0.15) is 0 Å². The summed E-state index contributed by atoms with van der Waals surface area (Å²) in [6.07, 6.45) is 3.78. The summed E-state index contributed by atoms with van der Waals surface area (Å²) in [5.74, 6) is 0. The van der Waals surface area contributed by atoms with Crippen molar-refractivity contribution in [2.24, 2.45) is 0 Å². The molecule has 12 heavy (non-hydrogen) atoms. The Morgan fingerprint density at radius 3 is 2.42 bits per heavy atom. The van der Waals surface area contributed by atoms with Gasteiger partial charge >= 0.3 is 29.6 Å². The zero-order chi connectivity index (χ0) is 8.74. The molecule has 0 heterocycles. The van der Waals surface area contributed by atoms with Crippen molar-refractivity contribution >= 4 is 7.82 Å². The molecule has 1 N–H and O–H groups in total. The van der Waals surface area contributed by atoms with Gasteiger partial charge in [0.15, 0.2) is 0 Å². The van der Waals surface area contributed by atoms with Crippen LogP contribution < -0.4 is 34.5 Å². The van der Waals surface area contributed by atoms with Gasteiger partial charge in [0.2, 0.25) is 0 Å². The largest absolute Gasteiger partial charge is 1.00 e. The first-order chi connectivity index (χ1) is 5.06. The fraction of sp³-hybridized carbons (Fsp3) is 1.00. The molecule has 0 radical (unpaired) electrons. The van der Waals surface area contributed by atoms with E-state index in [2.05, 4.69) is 11.4 Å². The summed E-state index contributed by atoms with van der Waals surface area (Å²) in [6, 6.07) is 0. The van der Waals surface area contributed by atoms with Crippen molar-refractivity contribution in [3.05, 3.63) is 0 Å². The van der Waals surface area contributed by atoms with Crippen LogP contribution in [-0.4, -0.2) is 11.5 Å².